The summed E-state index contributed by atoms with van der Waals surface area (Å²) in [4.78, 5) is 11.4. The van der Waals surface area contributed by atoms with Gasteiger partial charge in [0, 0.05) is 11.7 Å². The summed E-state index contributed by atoms with van der Waals surface area (Å²) in [6, 6.07) is 5.60. The summed E-state index contributed by atoms with van der Waals surface area (Å²) in [6.07, 6.45) is 1.01. The van der Waals surface area contributed by atoms with Gasteiger partial charge in [0.1, 0.15) is 0 Å². The Labute approximate surface area is 101 Å². The van der Waals surface area contributed by atoms with Crippen molar-refractivity contribution in [3.8, 4) is 0 Å². The molecule has 3 nitrogen and oxygen atoms in total. The van der Waals surface area contributed by atoms with E-state index in [9.17, 15) is 4.79 Å². The van der Waals surface area contributed by atoms with Crippen LogP contribution in [0.25, 0.3) is 0 Å². The quantitative estimate of drug-likeness (QED) is 0.822. The largest absolute Gasteiger partial charge is 0.465 e. The van der Waals surface area contributed by atoms with Crippen molar-refractivity contribution in [2.75, 3.05) is 12.4 Å². The third-order valence-electron chi connectivity index (χ3n) is 2.40. The minimum Gasteiger partial charge on any atom is -0.465 e. The second-order valence-electron chi connectivity index (χ2n) is 3.64. The first-order valence-corrected chi connectivity index (χ1v) is 5.60. The van der Waals surface area contributed by atoms with Gasteiger partial charge in [-0.05, 0) is 31.5 Å². The van der Waals surface area contributed by atoms with E-state index in [0.717, 1.165) is 12.1 Å². The van der Waals surface area contributed by atoms with Crippen molar-refractivity contribution in [1.82, 2.24) is 0 Å². The van der Waals surface area contributed by atoms with Crippen LogP contribution < -0.4 is 5.32 Å². The molecule has 0 aromatic heterocycles. The molecule has 1 unspecified atom stereocenters. The average Bonchev–Trinajstić information content (AvgIpc) is 2.30. The molecular formula is C12H16ClNO2. The van der Waals surface area contributed by atoms with Crippen LogP contribution >= 0.6 is 11.6 Å². The van der Waals surface area contributed by atoms with Crippen LogP contribution in [0.1, 0.15) is 30.6 Å². The van der Waals surface area contributed by atoms with E-state index >= 15 is 0 Å². The van der Waals surface area contributed by atoms with Crippen LogP contribution in [-0.4, -0.2) is 19.1 Å². The Bertz CT molecular complexity index is 379. The van der Waals surface area contributed by atoms with Crippen molar-refractivity contribution in [3.63, 3.8) is 0 Å². The summed E-state index contributed by atoms with van der Waals surface area (Å²) in [7, 11) is 1.34. The molecule has 0 amide bonds. The SMILES string of the molecule is CCC(C)Nc1ccc(Cl)c(C(=O)OC)c1. The molecule has 0 aliphatic heterocycles. The summed E-state index contributed by atoms with van der Waals surface area (Å²) in [5.41, 5.74) is 1.26. The molecule has 4 heteroatoms. The summed E-state index contributed by atoms with van der Waals surface area (Å²) >= 11 is 5.91. The summed E-state index contributed by atoms with van der Waals surface area (Å²) < 4.78 is 4.65. The van der Waals surface area contributed by atoms with Gasteiger partial charge >= 0.3 is 5.97 Å². The number of esters is 1. The van der Waals surface area contributed by atoms with Crippen molar-refractivity contribution in [2.24, 2.45) is 0 Å². The number of hydrogen-bond donors (Lipinski definition) is 1. The molecule has 0 radical (unpaired) electrons. The highest BCUT2D eigenvalue weighted by Crippen LogP contribution is 2.22. The number of hydrogen-bond acceptors (Lipinski definition) is 3. The number of rotatable bonds is 4. The molecule has 16 heavy (non-hydrogen) atoms. The zero-order valence-corrected chi connectivity index (χ0v) is 10.5. The first-order chi connectivity index (χ1) is 7.58. The van der Waals surface area contributed by atoms with E-state index in [1.54, 1.807) is 12.1 Å². The maximum atomic E-state index is 11.4. The molecule has 0 saturated carbocycles. The van der Waals surface area contributed by atoms with E-state index in [2.05, 4.69) is 23.9 Å². The Morgan fingerprint density at radius 2 is 2.25 bits per heavy atom. The van der Waals surface area contributed by atoms with Crippen molar-refractivity contribution in [2.45, 2.75) is 26.3 Å². The lowest BCUT2D eigenvalue weighted by molar-refractivity contribution is 0.0601. The van der Waals surface area contributed by atoms with Crippen molar-refractivity contribution in [3.05, 3.63) is 28.8 Å². The number of nitrogens with one attached hydrogen (secondary N) is 1. The van der Waals surface area contributed by atoms with E-state index in [4.69, 9.17) is 11.6 Å². The highest BCUT2D eigenvalue weighted by Gasteiger charge is 2.11. The lowest BCUT2D eigenvalue weighted by atomic mass is 10.1. The third kappa shape index (κ3) is 3.14. The number of anilines is 1. The lowest BCUT2D eigenvalue weighted by Gasteiger charge is -2.14. The van der Waals surface area contributed by atoms with Crippen molar-refractivity contribution in [1.29, 1.82) is 0 Å². The molecule has 0 spiro atoms. The van der Waals surface area contributed by atoms with Crippen LogP contribution in [0.15, 0.2) is 18.2 Å². The summed E-state index contributed by atoms with van der Waals surface area (Å²) in [5.74, 6) is -0.419. The lowest BCUT2D eigenvalue weighted by Crippen LogP contribution is -2.14. The standard InChI is InChI=1S/C12H16ClNO2/c1-4-8(2)14-9-5-6-11(13)10(7-9)12(15)16-3/h5-8,14H,4H2,1-3H3. The second-order valence-corrected chi connectivity index (χ2v) is 4.05. The predicted octanol–water partition coefficient (Wildman–Crippen LogP) is 3.34. The molecule has 0 fully saturated rings. The first kappa shape index (κ1) is 12.8. The van der Waals surface area contributed by atoms with Gasteiger partial charge in [0.05, 0.1) is 17.7 Å². The Morgan fingerprint density at radius 1 is 1.56 bits per heavy atom. The Hall–Kier alpha value is -1.22. The molecule has 1 atom stereocenters. The first-order valence-electron chi connectivity index (χ1n) is 5.22. The molecule has 1 rings (SSSR count). The molecule has 1 aromatic rings. The Kier molecular flexibility index (Phi) is 4.62. The predicted molar refractivity (Wildman–Crippen MR) is 66.2 cm³/mol. The number of methoxy groups -OCH3 is 1. The fraction of sp³-hybridized carbons (Fsp3) is 0.417. The van der Waals surface area contributed by atoms with Crippen LogP contribution in [0, 0.1) is 0 Å². The molecule has 0 aliphatic rings. The number of halogens is 1. The molecule has 1 aromatic carbocycles. The van der Waals surface area contributed by atoms with Crippen LogP contribution in [0.5, 0.6) is 0 Å². The smallest absolute Gasteiger partial charge is 0.339 e. The van der Waals surface area contributed by atoms with Crippen LogP contribution in [0.3, 0.4) is 0 Å². The summed E-state index contributed by atoms with van der Waals surface area (Å²) in [6.45, 7) is 4.17. The van der Waals surface area contributed by atoms with E-state index in [1.807, 2.05) is 6.07 Å². The molecule has 0 heterocycles. The molecule has 0 bridgehead atoms. The zero-order chi connectivity index (χ0) is 12.1. The molecule has 0 aliphatic carbocycles. The van der Waals surface area contributed by atoms with Gasteiger partial charge in [-0.25, -0.2) is 4.79 Å². The number of benzene rings is 1. The molecular weight excluding hydrogens is 226 g/mol. The van der Waals surface area contributed by atoms with Gasteiger partial charge in [-0.3, -0.25) is 0 Å². The van der Waals surface area contributed by atoms with Gasteiger partial charge in [0.15, 0.2) is 0 Å². The van der Waals surface area contributed by atoms with E-state index in [-0.39, 0.29) is 0 Å². The monoisotopic (exact) mass is 241 g/mol. The summed E-state index contributed by atoms with van der Waals surface area (Å²) in [5, 5.41) is 3.68. The number of carbonyl (C=O) groups excluding carboxylic acids is 1. The fourth-order valence-corrected chi connectivity index (χ4v) is 1.46. The second kappa shape index (κ2) is 5.75. The highest BCUT2D eigenvalue weighted by molar-refractivity contribution is 6.33. The third-order valence-corrected chi connectivity index (χ3v) is 2.73. The Balaban J connectivity index is 2.93. The van der Waals surface area contributed by atoms with E-state index in [0.29, 0.717) is 16.6 Å². The minimum absolute atomic E-state index is 0.353. The van der Waals surface area contributed by atoms with Crippen LogP contribution in [0.4, 0.5) is 5.69 Å². The van der Waals surface area contributed by atoms with Crippen LogP contribution in [-0.2, 0) is 4.74 Å². The fourth-order valence-electron chi connectivity index (χ4n) is 1.27. The maximum absolute atomic E-state index is 11.4. The van der Waals surface area contributed by atoms with Gasteiger partial charge in [-0.2, -0.15) is 0 Å². The Morgan fingerprint density at radius 3 is 2.81 bits per heavy atom. The topological polar surface area (TPSA) is 38.3 Å². The van der Waals surface area contributed by atoms with Crippen LogP contribution in [0.2, 0.25) is 5.02 Å². The van der Waals surface area contributed by atoms with Gasteiger partial charge in [0.25, 0.3) is 0 Å². The number of carbonyl (C=O) groups is 1. The van der Waals surface area contributed by atoms with Crippen molar-refractivity contribution < 1.29 is 9.53 Å². The van der Waals surface area contributed by atoms with Gasteiger partial charge < -0.3 is 10.1 Å². The maximum Gasteiger partial charge on any atom is 0.339 e. The number of ether oxygens (including phenoxy) is 1. The van der Waals surface area contributed by atoms with Gasteiger partial charge in [0.2, 0.25) is 0 Å². The van der Waals surface area contributed by atoms with Crippen molar-refractivity contribution >= 4 is 23.3 Å². The molecule has 0 saturated heterocycles. The van der Waals surface area contributed by atoms with Gasteiger partial charge in [-0.15, -0.1) is 0 Å². The normalized spacial score (nSPS) is 12.0. The van der Waals surface area contributed by atoms with E-state index < -0.39 is 5.97 Å². The van der Waals surface area contributed by atoms with Gasteiger partial charge in [-0.1, -0.05) is 18.5 Å². The highest BCUT2D eigenvalue weighted by atomic mass is 35.5. The zero-order valence-electron chi connectivity index (χ0n) is 9.71. The average molecular weight is 242 g/mol. The minimum atomic E-state index is -0.419. The van der Waals surface area contributed by atoms with E-state index in [1.165, 1.54) is 7.11 Å². The molecule has 1 N–H and O–H groups in total. The molecule has 88 valence electrons.